The Morgan fingerprint density at radius 2 is 1.88 bits per heavy atom. The van der Waals surface area contributed by atoms with Gasteiger partial charge in [0.2, 0.25) is 0 Å². The first-order chi connectivity index (χ1) is 15.7. The van der Waals surface area contributed by atoms with Crippen molar-refractivity contribution in [3.63, 3.8) is 0 Å². The number of hydrogen-bond acceptors (Lipinski definition) is 7. The first kappa shape index (κ1) is 23.1. The molecule has 0 aliphatic carbocycles. The van der Waals surface area contributed by atoms with Crippen LogP contribution in [0.1, 0.15) is 18.4 Å². The van der Waals surface area contributed by atoms with E-state index in [0.29, 0.717) is 38.1 Å². The molecule has 3 aliphatic rings. The number of hydrogen-bond donors (Lipinski definition) is 3. The molecule has 1 aromatic carbocycles. The number of aliphatic hydroxyl groups excluding tert-OH is 2. The average Bonchev–Trinajstić information content (AvgIpc) is 2.74. The summed E-state index contributed by atoms with van der Waals surface area (Å²) in [6, 6.07) is 0.973. The molecule has 2 fully saturated rings. The van der Waals surface area contributed by atoms with Gasteiger partial charge in [-0.05, 0) is 12.8 Å². The monoisotopic (exact) mass is 468 g/mol. The van der Waals surface area contributed by atoms with Crippen LogP contribution in [-0.4, -0.2) is 76.0 Å². The molecule has 0 aromatic heterocycles. The van der Waals surface area contributed by atoms with Crippen LogP contribution in [0.3, 0.4) is 0 Å². The summed E-state index contributed by atoms with van der Waals surface area (Å²) in [4.78, 5) is 27.1. The third-order valence-corrected chi connectivity index (χ3v) is 5.97. The number of ether oxygens (including phenoxy) is 1. The summed E-state index contributed by atoms with van der Waals surface area (Å²) < 4.78 is 46.2. The normalized spacial score (nSPS) is 25.3. The van der Waals surface area contributed by atoms with E-state index >= 15 is 0 Å². The van der Waals surface area contributed by atoms with Crippen LogP contribution < -0.4 is 5.32 Å². The van der Waals surface area contributed by atoms with Crippen LogP contribution in [0.4, 0.5) is 13.2 Å². The van der Waals surface area contributed by atoms with Gasteiger partial charge >= 0.3 is 0 Å². The molecule has 3 aliphatic heterocycles. The second-order valence-corrected chi connectivity index (χ2v) is 7.97. The van der Waals surface area contributed by atoms with Gasteiger partial charge in [0.05, 0.1) is 18.3 Å². The van der Waals surface area contributed by atoms with Crippen LogP contribution in [0.25, 0.3) is 0 Å². The number of benzene rings is 1. The lowest BCUT2D eigenvalue weighted by Crippen LogP contribution is -2.60. The van der Waals surface area contributed by atoms with Crippen LogP contribution >= 0.6 is 0 Å². The lowest BCUT2D eigenvalue weighted by Gasteiger charge is -2.47. The van der Waals surface area contributed by atoms with E-state index in [0.717, 1.165) is 0 Å². The number of aliphatic hydroxyl groups is 2. The molecule has 0 spiro atoms. The molecule has 2 saturated heterocycles. The molecule has 0 saturated carbocycles. The lowest BCUT2D eigenvalue weighted by atomic mass is 10.0. The van der Waals surface area contributed by atoms with Crippen molar-refractivity contribution in [1.29, 1.82) is 0 Å². The number of nitrogens with zero attached hydrogens (tertiary/aromatic N) is 3. The number of hydrazine groups is 1. The Morgan fingerprint density at radius 3 is 2.55 bits per heavy atom. The maximum Gasteiger partial charge on any atom is 0.276 e. The van der Waals surface area contributed by atoms with Crippen LogP contribution in [0.2, 0.25) is 0 Å². The van der Waals surface area contributed by atoms with Gasteiger partial charge in [0, 0.05) is 50.6 Å². The van der Waals surface area contributed by atoms with Crippen molar-refractivity contribution in [1.82, 2.24) is 20.2 Å². The van der Waals surface area contributed by atoms with E-state index in [9.17, 15) is 33.0 Å². The number of nitrogens with one attached hydrogen (secondary N) is 1. The molecule has 12 heteroatoms. The zero-order valence-corrected chi connectivity index (χ0v) is 17.7. The maximum atomic E-state index is 13.9. The molecule has 3 heterocycles. The summed E-state index contributed by atoms with van der Waals surface area (Å²) in [6.07, 6.45) is 0.562. The molecule has 3 atom stereocenters. The van der Waals surface area contributed by atoms with Crippen molar-refractivity contribution in [2.75, 3.05) is 26.9 Å². The molecular weight excluding hydrogens is 445 g/mol. The van der Waals surface area contributed by atoms with Gasteiger partial charge in [-0.25, -0.2) is 13.2 Å². The Hall–Kier alpha value is -3.09. The Labute approximate surface area is 187 Å². The summed E-state index contributed by atoms with van der Waals surface area (Å²) >= 11 is 0. The summed E-state index contributed by atoms with van der Waals surface area (Å²) in [7, 11) is 1.58. The summed E-state index contributed by atoms with van der Waals surface area (Å²) in [5.41, 5.74) is -1.06. The zero-order chi connectivity index (χ0) is 23.9. The molecule has 9 nitrogen and oxygen atoms in total. The minimum Gasteiger partial charge on any atom is -0.507 e. The van der Waals surface area contributed by atoms with Crippen molar-refractivity contribution >= 4 is 11.8 Å². The molecule has 178 valence electrons. The Kier molecular flexibility index (Phi) is 6.32. The SMILES string of the molecule is COC1CCN2CN(CC1)N1C=C(C(=O)NCc3c(F)cc(F)cc3F)C(O)C(O)=C1C2=O. The first-order valence-corrected chi connectivity index (χ1v) is 10.3. The third-order valence-electron chi connectivity index (χ3n) is 5.97. The smallest absolute Gasteiger partial charge is 0.276 e. The van der Waals surface area contributed by atoms with Gasteiger partial charge in [-0.3, -0.25) is 14.6 Å². The largest absolute Gasteiger partial charge is 0.507 e. The Bertz CT molecular complexity index is 1020. The first-order valence-electron chi connectivity index (χ1n) is 10.3. The minimum atomic E-state index is -1.82. The summed E-state index contributed by atoms with van der Waals surface area (Å²) in [5, 5.41) is 26.4. The highest BCUT2D eigenvalue weighted by molar-refractivity contribution is 5.99. The predicted octanol–water partition coefficient (Wildman–Crippen LogP) is 0.876. The molecule has 3 unspecified atom stereocenters. The number of carbonyl (C=O) groups is 2. The van der Waals surface area contributed by atoms with E-state index < -0.39 is 53.2 Å². The summed E-state index contributed by atoms with van der Waals surface area (Å²) in [5.74, 6) is -5.58. The molecule has 33 heavy (non-hydrogen) atoms. The van der Waals surface area contributed by atoms with E-state index in [4.69, 9.17) is 4.74 Å². The maximum absolute atomic E-state index is 13.9. The topological polar surface area (TPSA) is 106 Å². The standard InChI is InChI=1S/C21H23F3N4O5/c1-33-12-2-4-26-10-27(5-3-12)28-9-14(18(29)19(30)17(28)21(26)32)20(31)25-8-13-15(23)6-11(22)7-16(13)24/h6-7,9,12,18,29-30H,2-5,8,10H2,1H3,(H,25,31). The van der Waals surface area contributed by atoms with Gasteiger partial charge in [-0.15, -0.1) is 0 Å². The predicted molar refractivity (Wildman–Crippen MR) is 107 cm³/mol. The van der Waals surface area contributed by atoms with Crippen molar-refractivity contribution in [3.05, 3.63) is 58.4 Å². The van der Waals surface area contributed by atoms with E-state index in [1.54, 1.807) is 12.1 Å². The van der Waals surface area contributed by atoms with Gasteiger partial charge in [0.15, 0.2) is 11.5 Å². The fourth-order valence-corrected chi connectivity index (χ4v) is 4.09. The second-order valence-electron chi connectivity index (χ2n) is 7.97. The highest BCUT2D eigenvalue weighted by atomic mass is 19.1. The van der Waals surface area contributed by atoms with Crippen molar-refractivity contribution < 1.29 is 37.7 Å². The number of rotatable bonds is 4. The molecule has 1 aromatic rings. The van der Waals surface area contributed by atoms with Crippen LogP contribution in [0, 0.1) is 17.5 Å². The molecular formula is C21H23F3N4O5. The molecule has 4 rings (SSSR count). The van der Waals surface area contributed by atoms with Crippen LogP contribution in [0.5, 0.6) is 0 Å². The quantitative estimate of drug-likeness (QED) is 0.603. The van der Waals surface area contributed by atoms with Crippen molar-refractivity contribution in [2.24, 2.45) is 0 Å². The van der Waals surface area contributed by atoms with Crippen LogP contribution in [-0.2, 0) is 20.9 Å². The molecule has 0 radical (unpaired) electrons. The van der Waals surface area contributed by atoms with Crippen molar-refractivity contribution in [3.8, 4) is 0 Å². The lowest BCUT2D eigenvalue weighted by molar-refractivity contribution is -0.150. The number of amides is 2. The van der Waals surface area contributed by atoms with E-state index in [1.807, 2.05) is 0 Å². The number of fused-ring (bicyclic) bond motifs is 4. The van der Waals surface area contributed by atoms with Crippen LogP contribution in [0.15, 0.2) is 35.4 Å². The molecule has 3 N–H and O–H groups in total. The highest BCUT2D eigenvalue weighted by Gasteiger charge is 2.43. The van der Waals surface area contributed by atoms with E-state index in [1.165, 1.54) is 16.1 Å². The highest BCUT2D eigenvalue weighted by Crippen LogP contribution is 2.32. The number of halogens is 3. The summed E-state index contributed by atoms with van der Waals surface area (Å²) in [6.45, 7) is 0.413. The number of carbonyl (C=O) groups excluding carboxylic acids is 2. The Balaban J connectivity index is 1.57. The van der Waals surface area contributed by atoms with Gasteiger partial charge < -0.3 is 25.2 Å². The average molecular weight is 468 g/mol. The second kappa shape index (κ2) is 9.04. The minimum absolute atomic E-state index is 0.0788. The number of methoxy groups -OCH3 is 1. The van der Waals surface area contributed by atoms with Gasteiger partial charge in [0.1, 0.15) is 23.6 Å². The molecule has 2 bridgehead atoms. The fraction of sp³-hybridized carbons (Fsp3) is 0.429. The fourth-order valence-electron chi connectivity index (χ4n) is 4.09. The molecule has 2 amide bonds. The van der Waals surface area contributed by atoms with Crippen molar-refractivity contribution in [2.45, 2.75) is 31.6 Å². The zero-order valence-electron chi connectivity index (χ0n) is 17.7. The van der Waals surface area contributed by atoms with Gasteiger partial charge in [-0.1, -0.05) is 0 Å². The van der Waals surface area contributed by atoms with Gasteiger partial charge in [0.25, 0.3) is 11.8 Å². The van der Waals surface area contributed by atoms with E-state index in [-0.39, 0.29) is 24.0 Å². The van der Waals surface area contributed by atoms with E-state index in [2.05, 4.69) is 5.32 Å². The Morgan fingerprint density at radius 1 is 1.21 bits per heavy atom. The third kappa shape index (κ3) is 4.28. The van der Waals surface area contributed by atoms with Gasteiger partial charge in [-0.2, -0.15) is 5.01 Å².